The second-order valence-electron chi connectivity index (χ2n) is 6.06. The van der Waals surface area contributed by atoms with Gasteiger partial charge in [0.1, 0.15) is 5.76 Å². The van der Waals surface area contributed by atoms with E-state index in [9.17, 15) is 0 Å². The third-order valence-corrected chi connectivity index (χ3v) is 4.88. The maximum absolute atomic E-state index is 6.35. The Morgan fingerprint density at radius 1 is 1.05 bits per heavy atom. The molecule has 0 radical (unpaired) electrons. The molecule has 2 heteroatoms. The fourth-order valence-corrected chi connectivity index (χ4v) is 3.60. The van der Waals surface area contributed by atoms with Gasteiger partial charge in [-0.3, -0.25) is 0 Å². The Morgan fingerprint density at radius 3 is 2.30 bits per heavy atom. The first-order valence-electron chi connectivity index (χ1n) is 7.62. The fourth-order valence-electron chi connectivity index (χ4n) is 3.60. The van der Waals surface area contributed by atoms with Crippen molar-refractivity contribution in [3.05, 3.63) is 48.2 Å². The molecule has 1 aromatic heterocycles. The van der Waals surface area contributed by atoms with Gasteiger partial charge in [0.25, 0.3) is 0 Å². The van der Waals surface area contributed by atoms with Crippen molar-refractivity contribution in [1.29, 1.82) is 0 Å². The van der Waals surface area contributed by atoms with Crippen molar-refractivity contribution < 1.29 is 4.42 Å². The molecule has 0 bridgehead atoms. The van der Waals surface area contributed by atoms with Gasteiger partial charge in [-0.15, -0.1) is 0 Å². The molecular formula is C18H23NO. The van der Waals surface area contributed by atoms with Gasteiger partial charge in [-0.05, 0) is 37.5 Å². The Morgan fingerprint density at radius 2 is 1.75 bits per heavy atom. The van der Waals surface area contributed by atoms with Crippen molar-refractivity contribution in [2.45, 2.75) is 50.5 Å². The highest BCUT2D eigenvalue weighted by molar-refractivity contribution is 5.58. The number of nitrogens with two attached hydrogens (primary N) is 1. The Kier molecular flexibility index (Phi) is 3.66. The molecule has 2 nitrogen and oxygen atoms in total. The Balaban J connectivity index is 1.92. The standard InChI is InChI=1S/C18H23NO/c1-14(19)18(11-3-2-4-12-18)16-9-7-15(8-10-16)17-6-5-13-20-17/h5-10,13-14H,2-4,11-12,19H2,1H3. The van der Waals surface area contributed by atoms with E-state index < -0.39 is 0 Å². The van der Waals surface area contributed by atoms with Gasteiger partial charge < -0.3 is 10.2 Å². The second kappa shape index (κ2) is 5.45. The second-order valence-corrected chi connectivity index (χ2v) is 6.06. The summed E-state index contributed by atoms with van der Waals surface area (Å²) in [6.45, 7) is 2.16. The molecule has 2 aromatic rings. The molecule has 0 spiro atoms. The first-order valence-corrected chi connectivity index (χ1v) is 7.62. The molecule has 1 aliphatic carbocycles. The highest BCUT2D eigenvalue weighted by Crippen LogP contribution is 2.42. The molecule has 1 fully saturated rings. The smallest absolute Gasteiger partial charge is 0.133 e. The van der Waals surface area contributed by atoms with Crippen LogP contribution >= 0.6 is 0 Å². The summed E-state index contributed by atoms with van der Waals surface area (Å²) >= 11 is 0. The summed E-state index contributed by atoms with van der Waals surface area (Å²) in [5.41, 5.74) is 9.04. The van der Waals surface area contributed by atoms with Crippen molar-refractivity contribution in [3.63, 3.8) is 0 Å². The average molecular weight is 269 g/mol. The maximum atomic E-state index is 6.35. The topological polar surface area (TPSA) is 39.2 Å². The lowest BCUT2D eigenvalue weighted by Crippen LogP contribution is -2.44. The van der Waals surface area contributed by atoms with Crippen LogP contribution in [0.1, 0.15) is 44.6 Å². The molecule has 1 aliphatic rings. The van der Waals surface area contributed by atoms with Crippen LogP contribution in [-0.2, 0) is 5.41 Å². The lowest BCUT2D eigenvalue weighted by atomic mass is 9.65. The summed E-state index contributed by atoms with van der Waals surface area (Å²) in [5.74, 6) is 0.926. The highest BCUT2D eigenvalue weighted by atomic mass is 16.3. The minimum absolute atomic E-state index is 0.167. The van der Waals surface area contributed by atoms with Gasteiger partial charge in [-0.2, -0.15) is 0 Å². The van der Waals surface area contributed by atoms with Crippen molar-refractivity contribution in [2.24, 2.45) is 5.73 Å². The van der Waals surface area contributed by atoms with E-state index in [1.807, 2.05) is 12.1 Å². The van der Waals surface area contributed by atoms with E-state index in [2.05, 4.69) is 31.2 Å². The molecule has 0 saturated heterocycles. The molecule has 1 unspecified atom stereocenters. The third kappa shape index (κ3) is 2.29. The molecule has 0 amide bonds. The van der Waals surface area contributed by atoms with Crippen LogP contribution in [0.3, 0.4) is 0 Å². The van der Waals surface area contributed by atoms with Crippen molar-refractivity contribution >= 4 is 0 Å². The number of hydrogen-bond donors (Lipinski definition) is 1. The van der Waals surface area contributed by atoms with Crippen molar-refractivity contribution in [3.8, 4) is 11.3 Å². The van der Waals surface area contributed by atoms with E-state index in [1.54, 1.807) is 6.26 Å². The Labute approximate surface area is 121 Å². The zero-order chi connectivity index (χ0) is 14.0. The van der Waals surface area contributed by atoms with Gasteiger partial charge >= 0.3 is 0 Å². The predicted octanol–water partition coefficient (Wildman–Crippen LogP) is 4.50. The van der Waals surface area contributed by atoms with Crippen LogP contribution in [-0.4, -0.2) is 6.04 Å². The van der Waals surface area contributed by atoms with Crippen LogP contribution in [0.25, 0.3) is 11.3 Å². The molecule has 106 valence electrons. The van der Waals surface area contributed by atoms with Crippen LogP contribution in [0.4, 0.5) is 0 Å². The first-order chi connectivity index (χ1) is 9.72. The minimum Gasteiger partial charge on any atom is -0.464 e. The third-order valence-electron chi connectivity index (χ3n) is 4.88. The van der Waals surface area contributed by atoms with Gasteiger partial charge in [0.05, 0.1) is 6.26 Å². The normalized spacial score (nSPS) is 19.7. The quantitative estimate of drug-likeness (QED) is 0.891. The molecule has 1 aromatic carbocycles. The molecule has 20 heavy (non-hydrogen) atoms. The van der Waals surface area contributed by atoms with Crippen molar-refractivity contribution in [1.82, 2.24) is 0 Å². The van der Waals surface area contributed by atoms with Gasteiger partial charge in [0, 0.05) is 17.0 Å². The van der Waals surface area contributed by atoms with E-state index in [1.165, 1.54) is 37.7 Å². The summed E-state index contributed by atoms with van der Waals surface area (Å²) in [5, 5.41) is 0. The monoisotopic (exact) mass is 269 g/mol. The lowest BCUT2D eigenvalue weighted by molar-refractivity contribution is 0.252. The summed E-state index contributed by atoms with van der Waals surface area (Å²) < 4.78 is 5.45. The number of hydrogen-bond acceptors (Lipinski definition) is 2. The van der Waals surface area contributed by atoms with Gasteiger partial charge in [-0.1, -0.05) is 43.5 Å². The molecule has 1 atom stereocenters. The largest absolute Gasteiger partial charge is 0.464 e. The zero-order valence-electron chi connectivity index (χ0n) is 12.1. The molecule has 3 rings (SSSR count). The number of furan rings is 1. The van der Waals surface area contributed by atoms with Crippen LogP contribution < -0.4 is 5.73 Å². The number of rotatable bonds is 3. The van der Waals surface area contributed by atoms with Crippen LogP contribution in [0, 0.1) is 0 Å². The molecule has 2 N–H and O–H groups in total. The molecule has 1 heterocycles. The van der Waals surface area contributed by atoms with E-state index >= 15 is 0 Å². The van der Waals surface area contributed by atoms with E-state index in [4.69, 9.17) is 10.2 Å². The van der Waals surface area contributed by atoms with Crippen LogP contribution in [0.15, 0.2) is 47.1 Å². The summed E-state index contributed by atoms with van der Waals surface area (Å²) in [6, 6.07) is 12.9. The van der Waals surface area contributed by atoms with Gasteiger partial charge in [0.15, 0.2) is 0 Å². The SMILES string of the molecule is CC(N)C1(c2ccc(-c3ccco3)cc2)CCCCC1. The van der Waals surface area contributed by atoms with E-state index in [0.29, 0.717) is 0 Å². The Bertz CT molecular complexity index is 533. The van der Waals surface area contributed by atoms with Crippen molar-refractivity contribution in [2.75, 3.05) is 0 Å². The first kappa shape index (κ1) is 13.4. The van der Waals surface area contributed by atoms with E-state index in [0.717, 1.165) is 11.3 Å². The van der Waals surface area contributed by atoms with Crippen LogP contribution in [0.2, 0.25) is 0 Å². The summed E-state index contributed by atoms with van der Waals surface area (Å²) in [6.07, 6.45) is 8.07. The van der Waals surface area contributed by atoms with Gasteiger partial charge in [-0.25, -0.2) is 0 Å². The lowest BCUT2D eigenvalue weighted by Gasteiger charge is -2.41. The maximum Gasteiger partial charge on any atom is 0.133 e. The predicted molar refractivity (Wildman–Crippen MR) is 82.6 cm³/mol. The summed E-state index contributed by atoms with van der Waals surface area (Å²) in [4.78, 5) is 0. The molecule has 0 aliphatic heterocycles. The van der Waals surface area contributed by atoms with Gasteiger partial charge in [0.2, 0.25) is 0 Å². The highest BCUT2D eigenvalue weighted by Gasteiger charge is 2.37. The summed E-state index contributed by atoms with van der Waals surface area (Å²) in [7, 11) is 0. The Hall–Kier alpha value is -1.54. The average Bonchev–Trinajstić information content (AvgIpc) is 3.02. The molecule has 1 saturated carbocycles. The fraction of sp³-hybridized carbons (Fsp3) is 0.444. The van der Waals surface area contributed by atoms with Crippen LogP contribution in [0.5, 0.6) is 0 Å². The number of benzene rings is 1. The van der Waals surface area contributed by atoms with E-state index in [-0.39, 0.29) is 11.5 Å². The zero-order valence-corrected chi connectivity index (χ0v) is 12.1. The molecular weight excluding hydrogens is 246 g/mol. The minimum atomic E-state index is 0.167.